The second-order valence-electron chi connectivity index (χ2n) is 6.32. The van der Waals surface area contributed by atoms with Gasteiger partial charge in [-0.3, -0.25) is 4.79 Å². The summed E-state index contributed by atoms with van der Waals surface area (Å²) in [5.41, 5.74) is 0.934. The summed E-state index contributed by atoms with van der Waals surface area (Å²) in [6.45, 7) is 4.12. The summed E-state index contributed by atoms with van der Waals surface area (Å²) in [5, 5.41) is 5.10. The number of hydrogen-bond acceptors (Lipinski definition) is 4. The van der Waals surface area contributed by atoms with Crippen LogP contribution in [0.25, 0.3) is 10.9 Å². The maximum atomic E-state index is 12.3. The van der Waals surface area contributed by atoms with E-state index in [4.69, 9.17) is 0 Å². The van der Waals surface area contributed by atoms with Crippen LogP contribution < -0.4 is 5.32 Å². The highest BCUT2D eigenvalue weighted by molar-refractivity contribution is 8.00. The maximum Gasteiger partial charge on any atom is 0.230 e. The standard InChI is InChI=1S/C18H23N3OS/c1-12-7-3-5-9-15(12)21-17(22)11-23-18-14-8-4-6-10-16(14)19-13(2)20-18/h4,6,8,10,12,15H,3,5,7,9,11H2,1-2H3,(H,21,22)/t12-,15+/m1/s1. The second-order valence-corrected chi connectivity index (χ2v) is 7.28. The van der Waals surface area contributed by atoms with Crippen LogP contribution in [0.15, 0.2) is 29.3 Å². The number of aryl methyl sites for hydroxylation is 1. The maximum absolute atomic E-state index is 12.3. The van der Waals surface area contributed by atoms with Gasteiger partial charge in [0.1, 0.15) is 10.9 Å². The summed E-state index contributed by atoms with van der Waals surface area (Å²) in [6.07, 6.45) is 4.83. The number of thioether (sulfide) groups is 1. The molecule has 2 aromatic rings. The Bertz CT molecular complexity index is 704. The number of hydrogen-bond donors (Lipinski definition) is 1. The molecule has 1 aliphatic carbocycles. The number of rotatable bonds is 4. The van der Waals surface area contributed by atoms with Crippen LogP contribution in [0.1, 0.15) is 38.4 Å². The van der Waals surface area contributed by atoms with Crippen molar-refractivity contribution in [3.05, 3.63) is 30.1 Å². The molecule has 0 spiro atoms. The third kappa shape index (κ3) is 4.02. The van der Waals surface area contributed by atoms with Crippen molar-refractivity contribution in [3.8, 4) is 0 Å². The van der Waals surface area contributed by atoms with Crippen molar-refractivity contribution < 1.29 is 4.79 Å². The van der Waals surface area contributed by atoms with Crippen LogP contribution in [0, 0.1) is 12.8 Å². The highest BCUT2D eigenvalue weighted by atomic mass is 32.2. The van der Waals surface area contributed by atoms with Crippen LogP contribution in [0.4, 0.5) is 0 Å². The molecule has 3 rings (SSSR count). The van der Waals surface area contributed by atoms with Crippen molar-refractivity contribution in [2.75, 3.05) is 5.75 Å². The van der Waals surface area contributed by atoms with Gasteiger partial charge in [0.2, 0.25) is 5.91 Å². The van der Waals surface area contributed by atoms with E-state index in [0.29, 0.717) is 17.7 Å². The smallest absolute Gasteiger partial charge is 0.230 e. The third-order valence-electron chi connectivity index (χ3n) is 4.48. The molecule has 0 unspecified atom stereocenters. The number of nitrogens with zero attached hydrogens (tertiary/aromatic N) is 2. The van der Waals surface area contributed by atoms with E-state index in [1.165, 1.54) is 31.0 Å². The van der Waals surface area contributed by atoms with E-state index in [1.54, 1.807) is 0 Å². The van der Waals surface area contributed by atoms with E-state index in [2.05, 4.69) is 22.2 Å². The number of nitrogens with one attached hydrogen (secondary N) is 1. The summed E-state index contributed by atoms with van der Waals surface area (Å²) >= 11 is 1.50. The minimum absolute atomic E-state index is 0.106. The lowest BCUT2D eigenvalue weighted by molar-refractivity contribution is -0.119. The van der Waals surface area contributed by atoms with E-state index in [9.17, 15) is 4.79 Å². The molecule has 1 aliphatic rings. The van der Waals surface area contributed by atoms with Crippen molar-refractivity contribution >= 4 is 28.6 Å². The molecule has 1 N–H and O–H groups in total. The molecule has 5 heteroatoms. The molecular formula is C18H23N3OS. The number of amides is 1. The predicted molar refractivity (Wildman–Crippen MR) is 94.6 cm³/mol. The Morgan fingerprint density at radius 1 is 1.26 bits per heavy atom. The first-order valence-electron chi connectivity index (χ1n) is 8.29. The second kappa shape index (κ2) is 7.30. The molecule has 2 atom stereocenters. The Morgan fingerprint density at radius 3 is 2.87 bits per heavy atom. The lowest BCUT2D eigenvalue weighted by Gasteiger charge is -2.29. The van der Waals surface area contributed by atoms with Crippen LogP contribution in [-0.4, -0.2) is 27.7 Å². The van der Waals surface area contributed by atoms with Gasteiger partial charge in [0.05, 0.1) is 11.3 Å². The molecular weight excluding hydrogens is 306 g/mol. The lowest BCUT2D eigenvalue weighted by Crippen LogP contribution is -2.41. The zero-order valence-corrected chi connectivity index (χ0v) is 14.5. The summed E-state index contributed by atoms with van der Waals surface area (Å²) in [4.78, 5) is 21.2. The van der Waals surface area contributed by atoms with Gasteiger partial charge in [0.25, 0.3) is 0 Å². The van der Waals surface area contributed by atoms with Crippen molar-refractivity contribution in [1.82, 2.24) is 15.3 Å². The lowest BCUT2D eigenvalue weighted by atomic mass is 9.86. The van der Waals surface area contributed by atoms with E-state index in [-0.39, 0.29) is 5.91 Å². The van der Waals surface area contributed by atoms with Crippen LogP contribution in [0.3, 0.4) is 0 Å². The van der Waals surface area contributed by atoms with Gasteiger partial charge < -0.3 is 5.32 Å². The van der Waals surface area contributed by atoms with Gasteiger partial charge >= 0.3 is 0 Å². The fourth-order valence-corrected chi connectivity index (χ4v) is 4.06. The fraction of sp³-hybridized carbons (Fsp3) is 0.500. The molecule has 122 valence electrons. The summed E-state index contributed by atoms with van der Waals surface area (Å²) in [7, 11) is 0. The van der Waals surface area contributed by atoms with Crippen molar-refractivity contribution in [1.29, 1.82) is 0 Å². The van der Waals surface area contributed by atoms with E-state index in [0.717, 1.165) is 28.2 Å². The Balaban J connectivity index is 1.65. The normalized spacial score (nSPS) is 21.3. The van der Waals surface area contributed by atoms with Gasteiger partial charge in [-0.15, -0.1) is 0 Å². The largest absolute Gasteiger partial charge is 0.352 e. The number of carbonyl (C=O) groups excluding carboxylic acids is 1. The fourth-order valence-electron chi connectivity index (χ4n) is 3.18. The first-order chi connectivity index (χ1) is 11.1. The van der Waals surface area contributed by atoms with Gasteiger partial charge in [-0.1, -0.05) is 49.7 Å². The predicted octanol–water partition coefficient (Wildman–Crippen LogP) is 3.73. The zero-order chi connectivity index (χ0) is 16.2. The van der Waals surface area contributed by atoms with E-state index < -0.39 is 0 Å². The highest BCUT2D eigenvalue weighted by Gasteiger charge is 2.22. The summed E-state index contributed by atoms with van der Waals surface area (Å²) in [5.74, 6) is 1.84. The summed E-state index contributed by atoms with van der Waals surface area (Å²) < 4.78 is 0. The molecule has 0 saturated heterocycles. The van der Waals surface area contributed by atoms with Crippen LogP contribution >= 0.6 is 11.8 Å². The Labute approximate surface area is 141 Å². The average molecular weight is 329 g/mol. The van der Waals surface area contributed by atoms with E-state index >= 15 is 0 Å². The molecule has 1 fully saturated rings. The topological polar surface area (TPSA) is 54.9 Å². The number of carbonyl (C=O) groups is 1. The van der Waals surface area contributed by atoms with Crippen LogP contribution in [0.2, 0.25) is 0 Å². The summed E-state index contributed by atoms with van der Waals surface area (Å²) in [6, 6.07) is 8.28. The van der Waals surface area contributed by atoms with Gasteiger partial charge in [-0.05, 0) is 31.7 Å². The molecule has 0 radical (unpaired) electrons. The van der Waals surface area contributed by atoms with Gasteiger partial charge in [0, 0.05) is 11.4 Å². The average Bonchev–Trinajstić information content (AvgIpc) is 2.54. The van der Waals surface area contributed by atoms with Gasteiger partial charge in [-0.2, -0.15) is 0 Å². The number of fused-ring (bicyclic) bond motifs is 1. The minimum atomic E-state index is 0.106. The first-order valence-corrected chi connectivity index (χ1v) is 9.27. The molecule has 1 aromatic carbocycles. The van der Waals surface area contributed by atoms with Gasteiger partial charge in [0.15, 0.2) is 0 Å². The number of benzene rings is 1. The van der Waals surface area contributed by atoms with Crippen molar-refractivity contribution in [3.63, 3.8) is 0 Å². The Morgan fingerprint density at radius 2 is 2.04 bits per heavy atom. The Hall–Kier alpha value is -1.62. The van der Waals surface area contributed by atoms with Crippen molar-refractivity contribution in [2.45, 2.75) is 50.6 Å². The van der Waals surface area contributed by atoms with E-state index in [1.807, 2.05) is 31.2 Å². The van der Waals surface area contributed by atoms with Crippen LogP contribution in [-0.2, 0) is 4.79 Å². The monoisotopic (exact) mass is 329 g/mol. The number of aromatic nitrogens is 2. The third-order valence-corrected chi connectivity index (χ3v) is 5.47. The molecule has 0 bridgehead atoms. The minimum Gasteiger partial charge on any atom is -0.352 e. The highest BCUT2D eigenvalue weighted by Crippen LogP contribution is 2.26. The molecule has 1 amide bonds. The van der Waals surface area contributed by atoms with Crippen molar-refractivity contribution in [2.24, 2.45) is 5.92 Å². The molecule has 4 nitrogen and oxygen atoms in total. The van der Waals surface area contributed by atoms with Crippen LogP contribution in [0.5, 0.6) is 0 Å². The quantitative estimate of drug-likeness (QED) is 0.686. The first kappa shape index (κ1) is 16.2. The molecule has 1 saturated carbocycles. The molecule has 1 aromatic heterocycles. The number of para-hydroxylation sites is 1. The molecule has 1 heterocycles. The van der Waals surface area contributed by atoms with Gasteiger partial charge in [-0.25, -0.2) is 9.97 Å². The SMILES string of the molecule is Cc1nc(SCC(=O)N[C@H]2CCCC[C@H]2C)c2ccccc2n1. The molecule has 23 heavy (non-hydrogen) atoms. The Kier molecular flexibility index (Phi) is 5.16. The zero-order valence-electron chi connectivity index (χ0n) is 13.7. The molecule has 0 aliphatic heterocycles.